The van der Waals surface area contributed by atoms with Gasteiger partial charge in [-0.05, 0) is 13.8 Å². The summed E-state index contributed by atoms with van der Waals surface area (Å²) in [5.41, 5.74) is 0. The highest BCUT2D eigenvalue weighted by atomic mass is 32.7. The largest absolute Gasteiger partial charge is 0.330 e. The van der Waals surface area contributed by atoms with Crippen LogP contribution in [0.25, 0.3) is 0 Å². The normalized spacial score (nSPS) is 17.1. The van der Waals surface area contributed by atoms with Crippen LogP contribution in [-0.2, 0) is 9.09 Å². The van der Waals surface area contributed by atoms with Crippen LogP contribution in [0.2, 0.25) is 0 Å². The first-order valence-corrected chi connectivity index (χ1v) is 8.49. The second-order valence-corrected chi connectivity index (χ2v) is 9.96. The maximum absolute atomic E-state index is 11.8. The fourth-order valence-electron chi connectivity index (χ4n) is 0.894. The lowest BCUT2D eigenvalue weighted by atomic mass is 10.5. The van der Waals surface area contributed by atoms with Gasteiger partial charge in [0.2, 0.25) is 0 Å². The van der Waals surface area contributed by atoms with Crippen molar-refractivity contribution in [1.29, 1.82) is 0 Å². The van der Waals surface area contributed by atoms with Gasteiger partial charge in [-0.15, -0.1) is 0 Å². The molecule has 0 heterocycles. The third-order valence-electron chi connectivity index (χ3n) is 1.49. The minimum atomic E-state index is -2.43. The Morgan fingerprint density at radius 3 is 2.21 bits per heavy atom. The average molecular weight is 240 g/mol. The zero-order chi connectivity index (χ0) is 11.4. The van der Waals surface area contributed by atoms with Gasteiger partial charge in [-0.25, -0.2) is 0 Å². The van der Waals surface area contributed by atoms with Gasteiger partial charge in [-0.1, -0.05) is 11.4 Å². The molecule has 5 heteroatoms. The van der Waals surface area contributed by atoms with E-state index < -0.39 is 6.57 Å². The molecule has 0 fully saturated rings. The number of hydrogen-bond acceptors (Lipinski definition) is 3. The molecular weight excluding hydrogens is 217 g/mol. The van der Waals surface area contributed by atoms with Gasteiger partial charge in [-0.3, -0.25) is 4.57 Å². The summed E-state index contributed by atoms with van der Waals surface area (Å²) in [7, 11) is 6.39. The van der Waals surface area contributed by atoms with Crippen molar-refractivity contribution in [1.82, 2.24) is 0 Å². The van der Waals surface area contributed by atoms with Crippen molar-refractivity contribution in [3.63, 3.8) is 0 Å². The highest BCUT2D eigenvalue weighted by Crippen LogP contribution is 2.56. The Hall–Kier alpha value is 0.500. The minimum Gasteiger partial charge on any atom is -0.330 e. The SMILES string of the molecule is CC(C)OP(C)(=O)SCC[N+](C)(C)C. The Morgan fingerprint density at radius 1 is 1.36 bits per heavy atom. The molecule has 0 rings (SSSR count). The van der Waals surface area contributed by atoms with Gasteiger partial charge in [-0.2, -0.15) is 0 Å². The van der Waals surface area contributed by atoms with Crippen molar-refractivity contribution in [3.8, 4) is 0 Å². The summed E-state index contributed by atoms with van der Waals surface area (Å²) in [4.78, 5) is 0. The Kier molecular flexibility index (Phi) is 5.75. The molecule has 86 valence electrons. The minimum absolute atomic E-state index is 0.0439. The molecule has 0 aromatic rings. The molecule has 0 aliphatic rings. The molecule has 0 saturated carbocycles. The van der Waals surface area contributed by atoms with Gasteiger partial charge >= 0.3 is 0 Å². The van der Waals surface area contributed by atoms with Crippen LogP contribution < -0.4 is 0 Å². The van der Waals surface area contributed by atoms with Crippen LogP contribution >= 0.6 is 18.0 Å². The Bertz CT molecular complexity index is 213. The van der Waals surface area contributed by atoms with Crippen LogP contribution in [0.4, 0.5) is 0 Å². The molecule has 0 aliphatic carbocycles. The number of quaternary nitrogens is 1. The van der Waals surface area contributed by atoms with Gasteiger partial charge in [0.05, 0.1) is 39.5 Å². The van der Waals surface area contributed by atoms with E-state index in [1.807, 2.05) is 13.8 Å². The van der Waals surface area contributed by atoms with Crippen molar-refractivity contribution < 1.29 is 13.6 Å². The second kappa shape index (κ2) is 5.55. The summed E-state index contributed by atoms with van der Waals surface area (Å²) in [5.74, 6) is 0.879. The quantitative estimate of drug-likeness (QED) is 0.527. The third-order valence-corrected chi connectivity index (χ3v) is 5.34. The molecule has 1 unspecified atom stereocenters. The van der Waals surface area contributed by atoms with Crippen molar-refractivity contribution in [2.45, 2.75) is 20.0 Å². The third kappa shape index (κ3) is 9.07. The first-order chi connectivity index (χ1) is 6.12. The van der Waals surface area contributed by atoms with E-state index in [0.717, 1.165) is 16.8 Å². The van der Waals surface area contributed by atoms with Gasteiger partial charge < -0.3 is 9.01 Å². The molecule has 14 heavy (non-hydrogen) atoms. The average Bonchev–Trinajstić information content (AvgIpc) is 1.78. The van der Waals surface area contributed by atoms with E-state index in [9.17, 15) is 4.57 Å². The molecule has 0 aromatic carbocycles. The molecule has 0 aromatic heterocycles. The fraction of sp³-hybridized carbons (Fsp3) is 1.00. The van der Waals surface area contributed by atoms with Gasteiger partial charge in [0.1, 0.15) is 0 Å². The van der Waals surface area contributed by atoms with Crippen molar-refractivity contribution in [3.05, 3.63) is 0 Å². The van der Waals surface area contributed by atoms with Crippen molar-refractivity contribution in [2.24, 2.45) is 0 Å². The maximum Gasteiger partial charge on any atom is 0.255 e. The van der Waals surface area contributed by atoms with Crippen LogP contribution in [0.5, 0.6) is 0 Å². The van der Waals surface area contributed by atoms with E-state index >= 15 is 0 Å². The highest BCUT2D eigenvalue weighted by Gasteiger charge is 2.19. The standard InChI is InChI=1S/C9H23NO2PS/c1-9(2)12-13(6,11)14-8-7-10(3,4)5/h9H,7-8H2,1-6H3/q+1. The zero-order valence-electron chi connectivity index (χ0n) is 10.1. The summed E-state index contributed by atoms with van der Waals surface area (Å²) in [6.07, 6.45) is 0.0439. The highest BCUT2D eigenvalue weighted by molar-refractivity contribution is 8.56. The molecule has 0 spiro atoms. The summed E-state index contributed by atoms with van der Waals surface area (Å²) >= 11 is 1.45. The van der Waals surface area contributed by atoms with E-state index in [4.69, 9.17) is 4.52 Å². The molecule has 0 aliphatic heterocycles. The summed E-state index contributed by atoms with van der Waals surface area (Å²) in [6, 6.07) is 0. The topological polar surface area (TPSA) is 26.3 Å². The zero-order valence-corrected chi connectivity index (χ0v) is 11.8. The molecular formula is C9H23NO2PS+. The number of hydrogen-bond donors (Lipinski definition) is 0. The summed E-state index contributed by atoms with van der Waals surface area (Å²) in [5, 5.41) is 0. The fourth-order valence-corrected chi connectivity index (χ4v) is 4.62. The number of nitrogens with zero attached hydrogens (tertiary/aromatic N) is 1. The number of rotatable bonds is 6. The van der Waals surface area contributed by atoms with Crippen LogP contribution in [0.1, 0.15) is 13.8 Å². The predicted molar refractivity (Wildman–Crippen MR) is 65.1 cm³/mol. The molecule has 1 atom stereocenters. The van der Waals surface area contributed by atoms with Crippen LogP contribution in [-0.4, -0.2) is 50.7 Å². The Morgan fingerprint density at radius 2 is 1.86 bits per heavy atom. The van der Waals surface area contributed by atoms with Gasteiger partial charge in [0.15, 0.2) is 0 Å². The van der Waals surface area contributed by atoms with E-state index in [0.29, 0.717) is 0 Å². The molecule has 0 bridgehead atoms. The lowest BCUT2D eigenvalue weighted by Crippen LogP contribution is -2.36. The van der Waals surface area contributed by atoms with Crippen molar-refractivity contribution in [2.75, 3.05) is 40.1 Å². The summed E-state index contributed by atoms with van der Waals surface area (Å²) < 4.78 is 18.1. The van der Waals surface area contributed by atoms with E-state index in [2.05, 4.69) is 21.1 Å². The first-order valence-electron chi connectivity index (χ1n) is 4.83. The molecule has 0 amide bonds. The Balaban J connectivity index is 3.83. The Labute approximate surface area is 92.0 Å². The van der Waals surface area contributed by atoms with Gasteiger partial charge in [0.25, 0.3) is 6.57 Å². The van der Waals surface area contributed by atoms with Crippen molar-refractivity contribution >= 4 is 18.0 Å². The lowest BCUT2D eigenvalue weighted by molar-refractivity contribution is -0.867. The van der Waals surface area contributed by atoms with Crippen LogP contribution in [0.15, 0.2) is 0 Å². The first kappa shape index (κ1) is 14.5. The lowest BCUT2D eigenvalue weighted by Gasteiger charge is -2.24. The van der Waals surface area contributed by atoms with E-state index in [1.54, 1.807) is 6.66 Å². The van der Waals surface area contributed by atoms with E-state index in [1.165, 1.54) is 11.4 Å². The molecule has 0 radical (unpaired) electrons. The van der Waals surface area contributed by atoms with Crippen LogP contribution in [0.3, 0.4) is 0 Å². The molecule has 3 nitrogen and oxygen atoms in total. The molecule has 0 saturated heterocycles. The monoisotopic (exact) mass is 240 g/mol. The predicted octanol–water partition coefficient (Wildman–Crippen LogP) is 2.67. The molecule has 0 N–H and O–H groups in total. The second-order valence-electron chi connectivity index (χ2n) is 4.77. The smallest absolute Gasteiger partial charge is 0.255 e. The van der Waals surface area contributed by atoms with Gasteiger partial charge in [0, 0.05) is 6.66 Å². The maximum atomic E-state index is 11.8. The van der Waals surface area contributed by atoms with E-state index in [-0.39, 0.29) is 6.10 Å². The summed E-state index contributed by atoms with van der Waals surface area (Å²) in [6.45, 7) is 4.10. The van der Waals surface area contributed by atoms with Crippen LogP contribution in [0, 0.1) is 0 Å².